The van der Waals surface area contributed by atoms with Crippen molar-refractivity contribution in [2.24, 2.45) is 5.73 Å². The lowest BCUT2D eigenvalue weighted by Crippen LogP contribution is -2.46. The first kappa shape index (κ1) is 20.0. The second-order valence-corrected chi connectivity index (χ2v) is 6.43. The van der Waals surface area contributed by atoms with Gasteiger partial charge in [-0.3, -0.25) is 14.5 Å². The number of rotatable bonds is 5. The van der Waals surface area contributed by atoms with Gasteiger partial charge in [-0.2, -0.15) is 13.2 Å². The Balaban J connectivity index is 1.89. The highest BCUT2D eigenvalue weighted by Gasteiger charge is 2.30. The normalized spacial score (nSPS) is 17.2. The van der Waals surface area contributed by atoms with Crippen LogP contribution < -0.4 is 11.1 Å². The number of carbonyl (C=O) groups is 2. The summed E-state index contributed by atoms with van der Waals surface area (Å²) in [5, 5.41) is 2.89. The van der Waals surface area contributed by atoms with Crippen LogP contribution in [0.1, 0.15) is 30.9 Å². The van der Waals surface area contributed by atoms with E-state index in [9.17, 15) is 22.8 Å². The minimum Gasteiger partial charge on any atom is -0.369 e. The third-order valence-electron chi connectivity index (χ3n) is 4.33. The highest BCUT2D eigenvalue weighted by molar-refractivity contribution is 5.95. The summed E-state index contributed by atoms with van der Waals surface area (Å²) in [6, 6.07) is 4.70. The Morgan fingerprint density at radius 1 is 1.23 bits per heavy atom. The highest BCUT2D eigenvalue weighted by Crippen LogP contribution is 2.30. The monoisotopic (exact) mass is 369 g/mol. The van der Waals surface area contributed by atoms with Crippen LogP contribution in [0.5, 0.6) is 0 Å². The summed E-state index contributed by atoms with van der Waals surface area (Å²) in [7, 11) is 0. The van der Waals surface area contributed by atoms with E-state index >= 15 is 0 Å². The molecule has 8 heteroatoms. The van der Waals surface area contributed by atoms with Gasteiger partial charge in [-0.05, 0) is 43.0 Å². The Kier molecular flexibility index (Phi) is 6.42. The smallest absolute Gasteiger partial charge is 0.369 e. The van der Waals surface area contributed by atoms with Crippen molar-refractivity contribution in [3.63, 3.8) is 0 Å². The van der Waals surface area contributed by atoms with Gasteiger partial charge in [-0.15, -0.1) is 0 Å². The second kappa shape index (κ2) is 8.35. The number of carbonyl (C=O) groups excluding carboxylic acids is 2. The summed E-state index contributed by atoms with van der Waals surface area (Å²) in [5.74, 6) is -0.654. The van der Waals surface area contributed by atoms with Gasteiger partial charge in [0.25, 0.3) is 0 Å². The van der Waals surface area contributed by atoms with Crippen molar-refractivity contribution in [2.45, 2.75) is 32.0 Å². The molecule has 26 heavy (non-hydrogen) atoms. The van der Waals surface area contributed by atoms with E-state index in [2.05, 4.69) is 5.32 Å². The van der Waals surface area contributed by atoms with E-state index in [1.165, 1.54) is 18.2 Å². The van der Waals surface area contributed by atoms with Gasteiger partial charge in [0.15, 0.2) is 0 Å². The van der Waals surface area contributed by atoms with E-state index in [0.29, 0.717) is 37.1 Å². The molecule has 0 unspecified atom stereocenters. The zero-order chi connectivity index (χ0) is 19.3. The number of halogens is 3. The third kappa shape index (κ3) is 5.87. The number of hydrogen-bond donors (Lipinski definition) is 2. The summed E-state index contributed by atoms with van der Waals surface area (Å²) in [6.07, 6.45) is -1.56. The van der Waals surface area contributed by atoms with Gasteiger partial charge in [-0.25, -0.2) is 0 Å². The number of nitrogens with zero attached hydrogens (tertiary/aromatic N) is 1. The van der Waals surface area contributed by atoms with Crippen LogP contribution in [0.4, 0.5) is 13.2 Å². The Hall–Kier alpha value is -2.35. The molecule has 0 spiro atoms. The van der Waals surface area contributed by atoms with Crippen LogP contribution in [0.15, 0.2) is 30.3 Å². The quantitative estimate of drug-likeness (QED) is 0.781. The zero-order valence-electron chi connectivity index (χ0n) is 14.5. The molecule has 1 saturated heterocycles. The van der Waals surface area contributed by atoms with Crippen molar-refractivity contribution in [1.82, 2.24) is 10.2 Å². The summed E-state index contributed by atoms with van der Waals surface area (Å²) in [5.41, 5.74) is 5.59. The molecular weight excluding hydrogens is 347 g/mol. The second-order valence-electron chi connectivity index (χ2n) is 6.43. The fourth-order valence-corrected chi connectivity index (χ4v) is 2.90. The molecule has 2 amide bonds. The highest BCUT2D eigenvalue weighted by atomic mass is 19.4. The molecule has 0 aromatic heterocycles. The molecule has 1 aromatic carbocycles. The fraction of sp³-hybridized carbons (Fsp3) is 0.444. The standard InChI is InChI=1S/C18H22F3N3O2/c1-12(13-2-4-14(5-3-13)18(19,20)21)10-17(26)23-15-6-8-24(9-7-15)11-16(22)25/h2-5,10,15H,6-9,11H2,1H3,(H2,22,25)(H,23,26)/b12-10-. The molecular formula is C18H22F3N3O2. The number of nitrogens with two attached hydrogens (primary N) is 1. The van der Waals surface area contributed by atoms with Crippen molar-refractivity contribution in [3.05, 3.63) is 41.5 Å². The Morgan fingerprint density at radius 2 is 1.81 bits per heavy atom. The molecule has 0 saturated carbocycles. The topological polar surface area (TPSA) is 75.4 Å². The maximum atomic E-state index is 12.6. The van der Waals surface area contributed by atoms with Crippen LogP contribution in [0.2, 0.25) is 0 Å². The van der Waals surface area contributed by atoms with E-state index in [-0.39, 0.29) is 24.4 Å². The number of nitrogens with one attached hydrogen (secondary N) is 1. The van der Waals surface area contributed by atoms with Gasteiger partial charge in [0.2, 0.25) is 11.8 Å². The van der Waals surface area contributed by atoms with Crippen LogP contribution in [0.25, 0.3) is 5.57 Å². The van der Waals surface area contributed by atoms with Crippen LogP contribution in [0.3, 0.4) is 0 Å². The van der Waals surface area contributed by atoms with E-state index in [4.69, 9.17) is 5.73 Å². The zero-order valence-corrected chi connectivity index (χ0v) is 14.5. The third-order valence-corrected chi connectivity index (χ3v) is 4.33. The maximum Gasteiger partial charge on any atom is 0.416 e. The van der Waals surface area contributed by atoms with Gasteiger partial charge < -0.3 is 11.1 Å². The van der Waals surface area contributed by atoms with E-state index < -0.39 is 11.7 Å². The molecule has 1 heterocycles. The first-order chi connectivity index (χ1) is 12.1. The molecule has 142 valence electrons. The molecule has 1 aliphatic heterocycles. The fourth-order valence-electron chi connectivity index (χ4n) is 2.90. The molecule has 0 bridgehead atoms. The van der Waals surface area contributed by atoms with Gasteiger partial charge in [0.1, 0.15) is 0 Å². The molecule has 0 radical (unpaired) electrons. The lowest BCUT2D eigenvalue weighted by molar-refractivity contribution is -0.137. The minimum atomic E-state index is -4.38. The predicted molar refractivity (Wildman–Crippen MR) is 91.9 cm³/mol. The van der Waals surface area contributed by atoms with Gasteiger partial charge in [0, 0.05) is 25.2 Å². The summed E-state index contributed by atoms with van der Waals surface area (Å²) >= 11 is 0. The van der Waals surface area contributed by atoms with Gasteiger partial charge >= 0.3 is 6.18 Å². The number of piperidine rings is 1. The number of amides is 2. The predicted octanol–water partition coefficient (Wildman–Crippen LogP) is 2.17. The van der Waals surface area contributed by atoms with Crippen LogP contribution in [-0.4, -0.2) is 42.4 Å². The number of benzene rings is 1. The lowest BCUT2D eigenvalue weighted by Gasteiger charge is -2.31. The van der Waals surface area contributed by atoms with Crippen molar-refractivity contribution < 1.29 is 22.8 Å². The summed E-state index contributed by atoms with van der Waals surface area (Å²) < 4.78 is 37.7. The summed E-state index contributed by atoms with van der Waals surface area (Å²) in [4.78, 5) is 25.0. The molecule has 3 N–H and O–H groups in total. The van der Waals surface area contributed by atoms with E-state index in [0.717, 1.165) is 12.1 Å². The molecule has 1 aliphatic rings. The lowest BCUT2D eigenvalue weighted by atomic mass is 10.0. The minimum absolute atomic E-state index is 0.00304. The van der Waals surface area contributed by atoms with E-state index in [1.54, 1.807) is 6.92 Å². The molecule has 5 nitrogen and oxygen atoms in total. The molecule has 1 aromatic rings. The Labute approximate surface area is 150 Å². The van der Waals surface area contributed by atoms with Crippen molar-refractivity contribution in [3.8, 4) is 0 Å². The number of alkyl halides is 3. The SMILES string of the molecule is C/C(=C/C(=O)NC1CCN(CC(N)=O)CC1)c1ccc(C(F)(F)F)cc1. The van der Waals surface area contributed by atoms with Crippen LogP contribution in [0, 0.1) is 0 Å². The van der Waals surface area contributed by atoms with Gasteiger partial charge in [0.05, 0.1) is 12.1 Å². The van der Waals surface area contributed by atoms with Crippen molar-refractivity contribution >= 4 is 17.4 Å². The van der Waals surface area contributed by atoms with Crippen molar-refractivity contribution in [1.29, 1.82) is 0 Å². The molecule has 0 atom stereocenters. The van der Waals surface area contributed by atoms with E-state index in [1.807, 2.05) is 4.90 Å². The van der Waals surface area contributed by atoms with Crippen molar-refractivity contribution in [2.75, 3.05) is 19.6 Å². The Morgan fingerprint density at radius 3 is 2.31 bits per heavy atom. The van der Waals surface area contributed by atoms with Crippen LogP contribution >= 0.6 is 0 Å². The first-order valence-electron chi connectivity index (χ1n) is 8.32. The molecule has 0 aliphatic carbocycles. The number of likely N-dealkylation sites (tertiary alicyclic amines) is 1. The summed E-state index contributed by atoms with van der Waals surface area (Å²) in [6.45, 7) is 3.25. The Bertz CT molecular complexity index is 676. The number of hydrogen-bond acceptors (Lipinski definition) is 3. The first-order valence-corrected chi connectivity index (χ1v) is 8.32. The van der Waals surface area contributed by atoms with Gasteiger partial charge in [-0.1, -0.05) is 12.1 Å². The largest absolute Gasteiger partial charge is 0.416 e. The molecule has 1 fully saturated rings. The number of allylic oxidation sites excluding steroid dienone is 1. The van der Waals surface area contributed by atoms with Crippen LogP contribution in [-0.2, 0) is 15.8 Å². The number of primary amides is 1. The average molecular weight is 369 g/mol. The molecule has 2 rings (SSSR count). The average Bonchev–Trinajstić information content (AvgIpc) is 2.55. The maximum absolute atomic E-state index is 12.6.